The van der Waals surface area contributed by atoms with Crippen molar-refractivity contribution in [1.29, 1.82) is 0 Å². The fourth-order valence-electron chi connectivity index (χ4n) is 1.29. The third-order valence-corrected chi connectivity index (χ3v) is 2.90. The largest absolute Gasteiger partial charge is 0.301 e. The van der Waals surface area contributed by atoms with E-state index >= 15 is 0 Å². The highest BCUT2D eigenvalue weighted by atomic mass is 32.1. The number of carbonyl (C=O) groups excluding carboxylic acids is 1. The molecule has 7 nitrogen and oxygen atoms in total. The van der Waals surface area contributed by atoms with Gasteiger partial charge in [-0.3, -0.25) is 14.9 Å². The number of nitrogens with one attached hydrogen (secondary N) is 1. The molecule has 0 fully saturated rings. The van der Waals surface area contributed by atoms with Crippen molar-refractivity contribution >= 4 is 28.1 Å². The van der Waals surface area contributed by atoms with Gasteiger partial charge in [-0.2, -0.15) is 0 Å². The van der Waals surface area contributed by atoms with Crippen molar-refractivity contribution in [3.05, 3.63) is 34.4 Å². The van der Waals surface area contributed by atoms with Crippen molar-refractivity contribution in [1.82, 2.24) is 10.2 Å². The summed E-state index contributed by atoms with van der Waals surface area (Å²) in [4.78, 5) is 21.0. The number of benzene rings is 1. The van der Waals surface area contributed by atoms with Crippen LogP contribution in [-0.4, -0.2) is 21.0 Å². The molecule has 0 bridgehead atoms. The van der Waals surface area contributed by atoms with Gasteiger partial charge in [-0.05, 0) is 0 Å². The fourth-order valence-corrected chi connectivity index (χ4v) is 2.08. The molecule has 1 aromatic carbocycles. The van der Waals surface area contributed by atoms with Crippen LogP contribution in [0.4, 0.5) is 10.8 Å². The normalized spacial score (nSPS) is 10.1. The predicted molar refractivity (Wildman–Crippen MR) is 66.3 cm³/mol. The predicted octanol–water partition coefficient (Wildman–Crippen LogP) is 2.07. The quantitative estimate of drug-likeness (QED) is 0.676. The van der Waals surface area contributed by atoms with Gasteiger partial charge in [0.15, 0.2) is 0 Å². The minimum atomic E-state index is -0.473. The molecule has 8 heteroatoms. The summed E-state index contributed by atoms with van der Waals surface area (Å²) < 4.78 is 0. The number of nitro groups is 1. The van der Waals surface area contributed by atoms with Gasteiger partial charge in [-0.1, -0.05) is 23.5 Å². The van der Waals surface area contributed by atoms with Crippen molar-refractivity contribution in [2.24, 2.45) is 0 Å². The van der Waals surface area contributed by atoms with E-state index in [1.807, 2.05) is 0 Å². The highest BCUT2D eigenvalue weighted by molar-refractivity contribution is 7.18. The third kappa shape index (κ3) is 2.66. The molecule has 1 amide bonds. The number of nitrogens with zero attached hydrogens (tertiary/aromatic N) is 3. The molecule has 1 heterocycles. The van der Waals surface area contributed by atoms with Crippen LogP contribution in [0.5, 0.6) is 0 Å². The molecule has 92 valence electrons. The Kier molecular flexibility index (Phi) is 3.28. The van der Waals surface area contributed by atoms with Gasteiger partial charge in [-0.15, -0.1) is 10.2 Å². The third-order valence-electron chi connectivity index (χ3n) is 2.01. The Bertz CT molecular complexity index is 611. The van der Waals surface area contributed by atoms with E-state index in [0.29, 0.717) is 15.7 Å². The highest BCUT2D eigenvalue weighted by Crippen LogP contribution is 2.28. The summed E-state index contributed by atoms with van der Waals surface area (Å²) in [7, 11) is 0. The number of non-ortho nitro benzene ring substituents is 1. The van der Waals surface area contributed by atoms with Gasteiger partial charge >= 0.3 is 0 Å². The highest BCUT2D eigenvalue weighted by Gasteiger charge is 2.11. The Labute approximate surface area is 106 Å². The zero-order chi connectivity index (χ0) is 13.1. The molecular formula is C10H8N4O3S. The lowest BCUT2D eigenvalue weighted by Crippen LogP contribution is -2.04. The SMILES string of the molecule is CC(=O)Nc1nnc(-c2cccc([N+](=O)[O-])c2)s1. The smallest absolute Gasteiger partial charge is 0.270 e. The maximum Gasteiger partial charge on any atom is 0.270 e. The summed E-state index contributed by atoms with van der Waals surface area (Å²) >= 11 is 1.16. The number of nitro benzene ring substituents is 1. The van der Waals surface area contributed by atoms with Crippen molar-refractivity contribution in [2.45, 2.75) is 6.92 Å². The molecule has 0 atom stereocenters. The molecule has 0 saturated heterocycles. The van der Waals surface area contributed by atoms with E-state index in [1.165, 1.54) is 19.1 Å². The number of amides is 1. The Morgan fingerprint density at radius 2 is 2.22 bits per heavy atom. The molecular weight excluding hydrogens is 256 g/mol. The number of anilines is 1. The van der Waals surface area contributed by atoms with E-state index in [2.05, 4.69) is 15.5 Å². The number of aromatic nitrogens is 2. The molecule has 0 aliphatic rings. The molecule has 1 aromatic heterocycles. The van der Waals surface area contributed by atoms with Crippen molar-refractivity contribution in [3.63, 3.8) is 0 Å². The van der Waals surface area contributed by atoms with Crippen LogP contribution < -0.4 is 5.32 Å². The van der Waals surface area contributed by atoms with Gasteiger partial charge in [-0.25, -0.2) is 0 Å². The Morgan fingerprint density at radius 1 is 1.44 bits per heavy atom. The van der Waals surface area contributed by atoms with Crippen LogP contribution in [0.3, 0.4) is 0 Å². The number of carbonyl (C=O) groups is 1. The van der Waals surface area contributed by atoms with E-state index in [4.69, 9.17) is 0 Å². The topological polar surface area (TPSA) is 98.0 Å². The Balaban J connectivity index is 2.31. The van der Waals surface area contributed by atoms with E-state index in [1.54, 1.807) is 12.1 Å². The van der Waals surface area contributed by atoms with E-state index in [9.17, 15) is 14.9 Å². The van der Waals surface area contributed by atoms with Crippen LogP contribution in [0.1, 0.15) is 6.92 Å². The van der Waals surface area contributed by atoms with Crippen LogP contribution in [0.2, 0.25) is 0 Å². The fraction of sp³-hybridized carbons (Fsp3) is 0.100. The second kappa shape index (κ2) is 4.88. The van der Waals surface area contributed by atoms with Crippen LogP contribution in [0.15, 0.2) is 24.3 Å². The first kappa shape index (κ1) is 12.1. The average Bonchev–Trinajstić information content (AvgIpc) is 2.77. The van der Waals surface area contributed by atoms with Gasteiger partial charge in [0.1, 0.15) is 5.01 Å². The average molecular weight is 264 g/mol. The number of rotatable bonds is 3. The Hall–Kier alpha value is -2.35. The molecule has 0 aliphatic heterocycles. The molecule has 1 N–H and O–H groups in total. The van der Waals surface area contributed by atoms with Crippen LogP contribution in [0.25, 0.3) is 10.6 Å². The summed E-state index contributed by atoms with van der Waals surface area (Å²) in [6.07, 6.45) is 0. The standard InChI is InChI=1S/C10H8N4O3S/c1-6(15)11-10-13-12-9(18-10)7-3-2-4-8(5-7)14(16)17/h2-5H,1H3,(H,11,13,15). The zero-order valence-electron chi connectivity index (χ0n) is 9.28. The maximum absolute atomic E-state index is 10.8. The van der Waals surface area contributed by atoms with E-state index in [0.717, 1.165) is 11.3 Å². The summed E-state index contributed by atoms with van der Waals surface area (Å²) in [5, 5.41) is 21.7. The molecule has 0 radical (unpaired) electrons. The molecule has 0 spiro atoms. The molecule has 2 rings (SSSR count). The van der Waals surface area contributed by atoms with Gasteiger partial charge in [0.25, 0.3) is 5.69 Å². The number of hydrogen-bond acceptors (Lipinski definition) is 6. The minimum absolute atomic E-state index is 0.0104. The molecule has 0 aliphatic carbocycles. The van der Waals surface area contributed by atoms with Crippen LogP contribution in [-0.2, 0) is 4.79 Å². The second-order valence-corrected chi connectivity index (χ2v) is 4.38. The second-order valence-electron chi connectivity index (χ2n) is 3.40. The van der Waals surface area contributed by atoms with Gasteiger partial charge < -0.3 is 5.32 Å². The molecule has 2 aromatic rings. The lowest BCUT2D eigenvalue weighted by Gasteiger charge is -1.95. The van der Waals surface area contributed by atoms with Crippen molar-refractivity contribution < 1.29 is 9.72 Å². The minimum Gasteiger partial charge on any atom is -0.301 e. The van der Waals surface area contributed by atoms with Gasteiger partial charge in [0, 0.05) is 24.6 Å². The molecule has 0 unspecified atom stereocenters. The van der Waals surface area contributed by atoms with Crippen molar-refractivity contribution in [3.8, 4) is 10.6 Å². The van der Waals surface area contributed by atoms with Crippen LogP contribution >= 0.6 is 11.3 Å². The van der Waals surface area contributed by atoms with Gasteiger partial charge in [0.2, 0.25) is 11.0 Å². The molecule has 18 heavy (non-hydrogen) atoms. The van der Waals surface area contributed by atoms with Crippen LogP contribution in [0, 0.1) is 10.1 Å². The first-order valence-corrected chi connectivity index (χ1v) is 5.74. The Morgan fingerprint density at radius 3 is 2.89 bits per heavy atom. The monoisotopic (exact) mass is 264 g/mol. The van der Waals surface area contributed by atoms with Gasteiger partial charge in [0.05, 0.1) is 4.92 Å². The summed E-state index contributed by atoms with van der Waals surface area (Å²) in [6, 6.07) is 6.09. The summed E-state index contributed by atoms with van der Waals surface area (Å²) in [5.41, 5.74) is 0.585. The molecule has 0 saturated carbocycles. The summed E-state index contributed by atoms with van der Waals surface area (Å²) in [5.74, 6) is -0.239. The zero-order valence-corrected chi connectivity index (χ0v) is 10.1. The maximum atomic E-state index is 10.8. The van der Waals surface area contributed by atoms with Crippen molar-refractivity contribution in [2.75, 3.05) is 5.32 Å². The first-order chi connectivity index (χ1) is 8.56. The lowest BCUT2D eigenvalue weighted by molar-refractivity contribution is -0.384. The van der Waals surface area contributed by atoms with E-state index in [-0.39, 0.29) is 11.6 Å². The van der Waals surface area contributed by atoms with E-state index < -0.39 is 4.92 Å². The first-order valence-electron chi connectivity index (χ1n) is 4.92. The summed E-state index contributed by atoms with van der Waals surface area (Å²) in [6.45, 7) is 1.37. The lowest BCUT2D eigenvalue weighted by atomic mass is 10.2. The number of hydrogen-bond donors (Lipinski definition) is 1.